The zero-order chi connectivity index (χ0) is 24.2. The quantitative estimate of drug-likeness (QED) is 0.341. The van der Waals surface area contributed by atoms with Crippen molar-refractivity contribution in [1.82, 2.24) is 24.6 Å². The Morgan fingerprint density at radius 2 is 1.67 bits per heavy atom. The number of aromatic nitrogens is 3. The lowest BCUT2D eigenvalue weighted by Crippen LogP contribution is -2.42. The van der Waals surface area contributed by atoms with Crippen LogP contribution in [0.25, 0.3) is 17.1 Å². The molecule has 0 aliphatic rings. The third kappa shape index (κ3) is 6.64. The van der Waals surface area contributed by atoms with Crippen LogP contribution in [0.1, 0.15) is 30.9 Å². The number of nitrogens with zero attached hydrogens (tertiary/aromatic N) is 5. The van der Waals surface area contributed by atoms with Gasteiger partial charge in [0.05, 0.1) is 5.69 Å². The molecule has 0 bridgehead atoms. The Morgan fingerprint density at radius 3 is 2.24 bits per heavy atom. The summed E-state index contributed by atoms with van der Waals surface area (Å²) in [5.41, 5.74) is 1.77. The van der Waals surface area contributed by atoms with Crippen LogP contribution in [0.2, 0.25) is 0 Å². The molecule has 0 aliphatic heterocycles. The van der Waals surface area contributed by atoms with Crippen LogP contribution in [-0.4, -0.2) is 63.2 Å². The van der Waals surface area contributed by atoms with Crippen LogP contribution < -0.4 is 0 Å². The minimum atomic E-state index is -0.191. The van der Waals surface area contributed by atoms with Gasteiger partial charge in [-0.25, -0.2) is 9.67 Å². The predicted molar refractivity (Wildman–Crippen MR) is 135 cm³/mol. The monoisotopic (exact) mass is 443 g/mol. The Hall–Kier alpha value is -3.69. The number of carbonyl (C=O) groups excluding carboxylic acids is 1. The van der Waals surface area contributed by atoms with Gasteiger partial charge in [-0.05, 0) is 39.1 Å². The maximum atomic E-state index is 13.5. The highest BCUT2D eigenvalue weighted by molar-refractivity contribution is 5.91. The van der Waals surface area contributed by atoms with Crippen LogP contribution >= 0.6 is 0 Å². The molecule has 2 aromatic carbocycles. The van der Waals surface area contributed by atoms with E-state index >= 15 is 0 Å². The largest absolute Gasteiger partial charge is 0.328 e. The van der Waals surface area contributed by atoms with Crippen molar-refractivity contribution >= 4 is 5.91 Å². The van der Waals surface area contributed by atoms with Crippen LogP contribution in [0.3, 0.4) is 0 Å². The van der Waals surface area contributed by atoms with E-state index in [0.29, 0.717) is 12.4 Å². The van der Waals surface area contributed by atoms with E-state index in [1.165, 1.54) is 0 Å². The highest BCUT2D eigenvalue weighted by atomic mass is 16.2. The molecule has 0 aliphatic carbocycles. The SMILES string of the molecule is C#C.C=C[C@@H](C)N(CCN(C)CCC)C(=O)c1nc(-c2ccccc2)n(-c2ccccc2)n1. The molecule has 0 spiro atoms. The topological polar surface area (TPSA) is 54.3 Å². The third-order valence-corrected chi connectivity index (χ3v) is 5.25. The van der Waals surface area contributed by atoms with Gasteiger partial charge in [-0.3, -0.25) is 4.79 Å². The Balaban J connectivity index is 0.00000187. The first-order valence-electron chi connectivity index (χ1n) is 11.1. The van der Waals surface area contributed by atoms with Gasteiger partial charge in [0.1, 0.15) is 0 Å². The molecule has 3 rings (SSSR count). The minimum absolute atomic E-state index is 0.119. The third-order valence-electron chi connectivity index (χ3n) is 5.25. The second-order valence-electron chi connectivity index (χ2n) is 7.65. The summed E-state index contributed by atoms with van der Waals surface area (Å²) < 4.78 is 1.74. The summed E-state index contributed by atoms with van der Waals surface area (Å²) in [5, 5.41) is 4.62. The van der Waals surface area contributed by atoms with Crippen LogP contribution in [0.4, 0.5) is 0 Å². The molecular formula is C27H33N5O. The van der Waals surface area contributed by atoms with Gasteiger partial charge >= 0.3 is 0 Å². The molecule has 0 radical (unpaired) electrons. The van der Waals surface area contributed by atoms with Crippen molar-refractivity contribution in [2.45, 2.75) is 26.3 Å². The highest BCUT2D eigenvalue weighted by Gasteiger charge is 2.26. The van der Waals surface area contributed by atoms with Crippen molar-refractivity contribution in [3.05, 3.63) is 79.1 Å². The Kier molecular flexibility index (Phi) is 10.1. The summed E-state index contributed by atoms with van der Waals surface area (Å²) in [6, 6.07) is 19.5. The fourth-order valence-electron chi connectivity index (χ4n) is 3.44. The molecule has 172 valence electrons. The molecule has 0 unspecified atom stereocenters. The molecule has 1 heterocycles. The summed E-state index contributed by atoms with van der Waals surface area (Å²) in [7, 11) is 2.07. The fraction of sp³-hybridized carbons (Fsp3) is 0.296. The van der Waals surface area contributed by atoms with E-state index in [-0.39, 0.29) is 17.8 Å². The number of likely N-dealkylation sites (N-methyl/N-ethyl adjacent to an activating group) is 1. The first-order valence-corrected chi connectivity index (χ1v) is 11.1. The minimum Gasteiger partial charge on any atom is -0.328 e. The molecule has 3 aromatic rings. The summed E-state index contributed by atoms with van der Waals surface area (Å²) in [5.74, 6) is 0.642. The number of hydrogen-bond acceptors (Lipinski definition) is 4. The second kappa shape index (κ2) is 13.0. The molecule has 6 heteroatoms. The van der Waals surface area contributed by atoms with Crippen LogP contribution in [0.5, 0.6) is 0 Å². The summed E-state index contributed by atoms with van der Waals surface area (Å²) in [6.07, 6.45) is 10.9. The van der Waals surface area contributed by atoms with Crippen LogP contribution in [0, 0.1) is 12.8 Å². The first kappa shape index (κ1) is 25.6. The zero-order valence-corrected chi connectivity index (χ0v) is 19.8. The number of carbonyl (C=O) groups is 1. The Bertz CT molecular complexity index is 969. The van der Waals surface area contributed by atoms with Gasteiger partial charge in [-0.1, -0.05) is 61.5 Å². The summed E-state index contributed by atoms with van der Waals surface area (Å²) in [4.78, 5) is 22.1. The summed E-state index contributed by atoms with van der Waals surface area (Å²) in [6.45, 7) is 10.4. The average molecular weight is 444 g/mol. The van der Waals surface area contributed by atoms with Gasteiger partial charge in [-0.2, -0.15) is 0 Å². The highest BCUT2D eigenvalue weighted by Crippen LogP contribution is 2.22. The molecule has 0 fully saturated rings. The number of hydrogen-bond donors (Lipinski definition) is 0. The standard InChI is InChI=1S/C25H31N5O.C2H2/c1-5-17-28(4)18-19-29(20(3)6-2)25(31)23-26-24(21-13-9-7-10-14-21)30(27-23)22-15-11-8-12-16-22;1-2/h6-16,20H,2,5,17-19H2,1,3-4H3;1-2H/t20-;/m1./s1. The van der Waals surface area contributed by atoms with Gasteiger partial charge < -0.3 is 9.80 Å². The smallest absolute Gasteiger partial charge is 0.294 e. The zero-order valence-electron chi connectivity index (χ0n) is 19.8. The molecule has 0 saturated carbocycles. The second-order valence-corrected chi connectivity index (χ2v) is 7.65. The van der Waals surface area contributed by atoms with Crippen molar-refractivity contribution in [3.8, 4) is 29.9 Å². The van der Waals surface area contributed by atoms with E-state index < -0.39 is 0 Å². The predicted octanol–water partition coefficient (Wildman–Crippen LogP) is 4.54. The lowest BCUT2D eigenvalue weighted by Gasteiger charge is -2.28. The number of rotatable bonds is 10. The van der Waals surface area contributed by atoms with Gasteiger partial charge in [0.25, 0.3) is 5.91 Å². The van der Waals surface area contributed by atoms with E-state index in [1.807, 2.05) is 67.6 Å². The first-order chi connectivity index (χ1) is 16.0. The average Bonchev–Trinajstić information content (AvgIpc) is 3.32. The molecule has 33 heavy (non-hydrogen) atoms. The van der Waals surface area contributed by atoms with Gasteiger partial charge in [0, 0.05) is 24.7 Å². The lowest BCUT2D eigenvalue weighted by atomic mass is 10.2. The molecule has 0 saturated heterocycles. The molecule has 1 amide bonds. The molecule has 1 aromatic heterocycles. The molecular weight excluding hydrogens is 410 g/mol. The molecule has 1 atom stereocenters. The summed E-state index contributed by atoms with van der Waals surface area (Å²) >= 11 is 0. The van der Waals surface area contributed by atoms with E-state index in [1.54, 1.807) is 15.7 Å². The molecule has 0 N–H and O–H groups in total. The van der Waals surface area contributed by atoms with Gasteiger partial charge in [-0.15, -0.1) is 24.5 Å². The lowest BCUT2D eigenvalue weighted by molar-refractivity contribution is 0.0695. The van der Waals surface area contributed by atoms with Crippen molar-refractivity contribution in [2.75, 3.05) is 26.7 Å². The maximum Gasteiger partial charge on any atom is 0.294 e. The van der Waals surface area contributed by atoms with E-state index in [9.17, 15) is 4.79 Å². The maximum absolute atomic E-state index is 13.5. The van der Waals surface area contributed by atoms with E-state index in [2.05, 4.69) is 48.4 Å². The van der Waals surface area contributed by atoms with Crippen molar-refractivity contribution in [3.63, 3.8) is 0 Å². The van der Waals surface area contributed by atoms with Gasteiger partial charge in [0.15, 0.2) is 5.82 Å². The van der Waals surface area contributed by atoms with Crippen molar-refractivity contribution in [2.24, 2.45) is 0 Å². The fourth-order valence-corrected chi connectivity index (χ4v) is 3.44. The molecule has 6 nitrogen and oxygen atoms in total. The number of para-hydroxylation sites is 1. The normalized spacial score (nSPS) is 11.3. The van der Waals surface area contributed by atoms with E-state index in [4.69, 9.17) is 0 Å². The van der Waals surface area contributed by atoms with Crippen molar-refractivity contribution < 1.29 is 4.79 Å². The van der Waals surface area contributed by atoms with Crippen LogP contribution in [0.15, 0.2) is 73.3 Å². The van der Waals surface area contributed by atoms with E-state index in [0.717, 1.165) is 30.8 Å². The number of benzene rings is 2. The number of amides is 1. The van der Waals surface area contributed by atoms with Gasteiger partial charge in [0.2, 0.25) is 5.82 Å². The van der Waals surface area contributed by atoms with Crippen LogP contribution in [-0.2, 0) is 0 Å². The Labute approximate surface area is 197 Å². The van der Waals surface area contributed by atoms with Crippen molar-refractivity contribution in [1.29, 1.82) is 0 Å². The Morgan fingerprint density at radius 1 is 1.06 bits per heavy atom. The number of terminal acetylenes is 1.